The molecule has 1 aliphatic heterocycles. The van der Waals surface area contributed by atoms with Gasteiger partial charge in [0.15, 0.2) is 5.78 Å². The highest BCUT2D eigenvalue weighted by molar-refractivity contribution is 7.17. The van der Waals surface area contributed by atoms with Crippen LogP contribution in [-0.2, 0) is 22.4 Å². The smallest absolute Gasteiger partial charge is 0.239 e. The van der Waals surface area contributed by atoms with Crippen LogP contribution in [0.1, 0.15) is 39.2 Å². The minimum atomic E-state index is -0.0992. The molecule has 7 nitrogen and oxygen atoms in total. The topological polar surface area (TPSA) is 81.8 Å². The second kappa shape index (κ2) is 11.6. The lowest BCUT2D eigenvalue weighted by Gasteiger charge is -2.33. The fourth-order valence-corrected chi connectivity index (χ4v) is 5.85. The van der Waals surface area contributed by atoms with Gasteiger partial charge in [-0.1, -0.05) is 36.4 Å². The van der Waals surface area contributed by atoms with E-state index in [1.165, 1.54) is 4.88 Å². The molecule has 2 aromatic rings. The molecule has 0 radical (unpaired) electrons. The van der Waals surface area contributed by atoms with Crippen molar-refractivity contribution in [1.82, 2.24) is 15.1 Å². The molecular weight excluding hydrogens is 448 g/mol. The number of rotatable bonds is 9. The number of hydrogen-bond donors (Lipinski definition) is 2. The molecule has 0 unspecified atom stereocenters. The van der Waals surface area contributed by atoms with Gasteiger partial charge in [0.1, 0.15) is 5.00 Å². The summed E-state index contributed by atoms with van der Waals surface area (Å²) in [4.78, 5) is 43.6. The van der Waals surface area contributed by atoms with E-state index in [-0.39, 0.29) is 24.1 Å². The molecule has 1 saturated heterocycles. The quantitative estimate of drug-likeness (QED) is 0.426. The number of amides is 2. The average molecular weight is 481 g/mol. The number of piperazine rings is 1. The number of carbonyl (C=O) groups excluding carboxylic acids is 3. The lowest BCUT2D eigenvalue weighted by molar-refractivity contribution is -0.123. The van der Waals surface area contributed by atoms with Gasteiger partial charge in [-0.3, -0.25) is 24.2 Å². The zero-order chi connectivity index (χ0) is 23.9. The summed E-state index contributed by atoms with van der Waals surface area (Å²) in [5.41, 5.74) is 2.44. The van der Waals surface area contributed by atoms with Gasteiger partial charge in [0, 0.05) is 43.2 Å². The fourth-order valence-electron chi connectivity index (χ4n) is 4.55. The molecule has 2 heterocycles. The zero-order valence-electron chi connectivity index (χ0n) is 19.5. The Morgan fingerprint density at radius 2 is 1.59 bits per heavy atom. The van der Waals surface area contributed by atoms with Gasteiger partial charge in [-0.05, 0) is 31.2 Å². The summed E-state index contributed by atoms with van der Waals surface area (Å²) in [6.07, 6.45) is 5.71. The van der Waals surface area contributed by atoms with Crippen molar-refractivity contribution < 1.29 is 14.4 Å². The maximum absolute atomic E-state index is 13.4. The molecule has 0 atom stereocenters. The first-order chi connectivity index (χ1) is 16.5. The van der Waals surface area contributed by atoms with E-state index in [4.69, 9.17) is 0 Å². The van der Waals surface area contributed by atoms with Crippen molar-refractivity contribution in [1.29, 1.82) is 0 Å². The Labute approximate surface area is 204 Å². The number of nitrogens with zero attached hydrogens (tertiary/aromatic N) is 2. The Balaban J connectivity index is 1.37. The van der Waals surface area contributed by atoms with Crippen molar-refractivity contribution in [2.24, 2.45) is 0 Å². The van der Waals surface area contributed by atoms with E-state index in [1.54, 1.807) is 17.4 Å². The van der Waals surface area contributed by atoms with Gasteiger partial charge in [0.25, 0.3) is 0 Å². The SMILES string of the molecule is C=CCNC(=O)CN1CCN(CC(=O)Nc2sc3c(c2C(=O)c2ccccc2)CCCC3)CC1. The molecular formula is C26H32N4O3S. The Bertz CT molecular complexity index is 1040. The third-order valence-electron chi connectivity index (χ3n) is 6.33. The van der Waals surface area contributed by atoms with Gasteiger partial charge in [-0.15, -0.1) is 17.9 Å². The third-order valence-corrected chi connectivity index (χ3v) is 7.54. The lowest BCUT2D eigenvalue weighted by atomic mass is 9.92. The summed E-state index contributed by atoms with van der Waals surface area (Å²) in [6, 6.07) is 9.30. The van der Waals surface area contributed by atoms with E-state index in [1.807, 2.05) is 30.3 Å². The third kappa shape index (κ3) is 6.00. The van der Waals surface area contributed by atoms with E-state index in [0.717, 1.165) is 57.4 Å². The zero-order valence-corrected chi connectivity index (χ0v) is 20.3. The van der Waals surface area contributed by atoms with Crippen molar-refractivity contribution >= 4 is 33.9 Å². The summed E-state index contributed by atoms with van der Waals surface area (Å²) in [6.45, 7) is 7.63. The number of nitrogens with one attached hydrogen (secondary N) is 2. The molecule has 1 aromatic heterocycles. The maximum atomic E-state index is 13.4. The predicted molar refractivity (Wildman–Crippen MR) is 136 cm³/mol. The van der Waals surface area contributed by atoms with Crippen LogP contribution in [0.15, 0.2) is 43.0 Å². The summed E-state index contributed by atoms with van der Waals surface area (Å²) in [5, 5.41) is 6.54. The highest BCUT2D eigenvalue weighted by Crippen LogP contribution is 2.39. The molecule has 1 fully saturated rings. The van der Waals surface area contributed by atoms with Crippen molar-refractivity contribution in [2.75, 3.05) is 51.1 Å². The van der Waals surface area contributed by atoms with E-state index in [2.05, 4.69) is 27.0 Å². The molecule has 8 heteroatoms. The van der Waals surface area contributed by atoms with Crippen LogP contribution < -0.4 is 10.6 Å². The molecule has 0 saturated carbocycles. The Hall–Kier alpha value is -2.81. The van der Waals surface area contributed by atoms with E-state index in [0.29, 0.717) is 29.2 Å². The van der Waals surface area contributed by atoms with Crippen LogP contribution in [-0.4, -0.2) is 73.2 Å². The number of benzene rings is 1. The van der Waals surface area contributed by atoms with Crippen molar-refractivity contribution in [3.63, 3.8) is 0 Å². The van der Waals surface area contributed by atoms with Gasteiger partial charge in [0.2, 0.25) is 11.8 Å². The molecule has 1 aliphatic carbocycles. The molecule has 2 amide bonds. The minimum Gasteiger partial charge on any atom is -0.352 e. The Kier molecular flexibility index (Phi) is 8.26. The standard InChI is InChI=1S/C26H32N4O3S/c1-2-12-27-22(31)17-29-13-15-30(16-14-29)18-23(32)28-26-24(20-10-6-7-11-21(20)34-26)25(33)19-8-4-3-5-9-19/h2-5,8-9H,1,6-7,10-18H2,(H,27,31)(H,28,32). The first-order valence-corrected chi connectivity index (χ1v) is 12.7. The molecule has 1 aromatic carbocycles. The van der Waals surface area contributed by atoms with Gasteiger partial charge in [0.05, 0.1) is 18.7 Å². The van der Waals surface area contributed by atoms with Gasteiger partial charge in [-0.25, -0.2) is 0 Å². The number of anilines is 1. The summed E-state index contributed by atoms with van der Waals surface area (Å²) < 4.78 is 0. The van der Waals surface area contributed by atoms with E-state index in [9.17, 15) is 14.4 Å². The molecule has 34 heavy (non-hydrogen) atoms. The number of aryl methyl sites for hydroxylation is 1. The van der Waals surface area contributed by atoms with Gasteiger partial charge >= 0.3 is 0 Å². The van der Waals surface area contributed by atoms with Crippen molar-refractivity contribution in [2.45, 2.75) is 25.7 Å². The molecule has 180 valence electrons. The van der Waals surface area contributed by atoms with E-state index >= 15 is 0 Å². The molecule has 2 aliphatic rings. The molecule has 2 N–H and O–H groups in total. The molecule has 0 bridgehead atoms. The van der Waals surface area contributed by atoms with Gasteiger partial charge < -0.3 is 10.6 Å². The average Bonchev–Trinajstić information content (AvgIpc) is 3.21. The van der Waals surface area contributed by atoms with Crippen LogP contribution in [0, 0.1) is 0 Å². The van der Waals surface area contributed by atoms with Crippen LogP contribution in [0.25, 0.3) is 0 Å². The van der Waals surface area contributed by atoms with Crippen LogP contribution in [0.5, 0.6) is 0 Å². The Morgan fingerprint density at radius 1 is 0.941 bits per heavy atom. The first kappa shape index (κ1) is 24.3. The molecule has 4 rings (SSSR count). The normalized spacial score (nSPS) is 16.5. The van der Waals surface area contributed by atoms with Crippen molar-refractivity contribution in [3.8, 4) is 0 Å². The summed E-state index contributed by atoms with van der Waals surface area (Å²) in [7, 11) is 0. The largest absolute Gasteiger partial charge is 0.352 e. The monoisotopic (exact) mass is 480 g/mol. The molecule has 0 spiro atoms. The summed E-state index contributed by atoms with van der Waals surface area (Å²) >= 11 is 1.56. The van der Waals surface area contributed by atoms with Crippen LogP contribution >= 0.6 is 11.3 Å². The number of ketones is 1. The first-order valence-electron chi connectivity index (χ1n) is 11.9. The van der Waals surface area contributed by atoms with Crippen LogP contribution in [0.4, 0.5) is 5.00 Å². The number of thiophene rings is 1. The van der Waals surface area contributed by atoms with Crippen molar-refractivity contribution in [3.05, 3.63) is 64.6 Å². The number of fused-ring (bicyclic) bond motifs is 1. The van der Waals surface area contributed by atoms with E-state index < -0.39 is 0 Å². The van der Waals surface area contributed by atoms with Gasteiger partial charge in [-0.2, -0.15) is 0 Å². The highest BCUT2D eigenvalue weighted by atomic mass is 32.1. The fraction of sp³-hybridized carbons (Fsp3) is 0.423. The lowest BCUT2D eigenvalue weighted by Crippen LogP contribution is -2.51. The Morgan fingerprint density at radius 3 is 2.26 bits per heavy atom. The second-order valence-corrected chi connectivity index (χ2v) is 9.91. The minimum absolute atomic E-state index is 0.0108. The summed E-state index contributed by atoms with van der Waals surface area (Å²) in [5.74, 6) is -0.125. The highest BCUT2D eigenvalue weighted by Gasteiger charge is 2.28. The number of hydrogen-bond acceptors (Lipinski definition) is 6. The predicted octanol–water partition coefficient (Wildman–Crippen LogP) is 2.72. The number of carbonyl (C=O) groups is 3. The van der Waals surface area contributed by atoms with Crippen LogP contribution in [0.3, 0.4) is 0 Å². The second-order valence-electron chi connectivity index (χ2n) is 8.80. The maximum Gasteiger partial charge on any atom is 0.239 e. The van der Waals surface area contributed by atoms with Crippen LogP contribution in [0.2, 0.25) is 0 Å².